The monoisotopic (exact) mass is 327 g/mol. The summed E-state index contributed by atoms with van der Waals surface area (Å²) < 4.78 is 0.946. The number of benzene rings is 1. The number of rotatable bonds is 7. The van der Waals surface area contributed by atoms with Gasteiger partial charge in [0, 0.05) is 28.3 Å². The lowest BCUT2D eigenvalue weighted by molar-refractivity contribution is 0.296. The fourth-order valence-electron chi connectivity index (χ4n) is 2.31. The Morgan fingerprint density at radius 3 is 2.53 bits per heavy atom. The highest BCUT2D eigenvalue weighted by molar-refractivity contribution is 9.10. The maximum absolute atomic E-state index is 9.30. The maximum Gasteiger partial charge on any atom is 0.124 e. The number of nitrogens with zero attached hydrogens (tertiary/aromatic N) is 1. The lowest BCUT2D eigenvalue weighted by Gasteiger charge is -2.33. The second-order valence-electron chi connectivity index (χ2n) is 4.46. The molecule has 4 N–H and O–H groups in total. The van der Waals surface area contributed by atoms with Gasteiger partial charge in [-0.2, -0.15) is 0 Å². The molecule has 0 atom stereocenters. The average molecular weight is 328 g/mol. The third-order valence-corrected chi connectivity index (χ3v) is 3.78. The smallest absolute Gasteiger partial charge is 0.124 e. The van der Waals surface area contributed by atoms with Gasteiger partial charge in [0.2, 0.25) is 0 Å². The van der Waals surface area contributed by atoms with Crippen LogP contribution in [0.25, 0.3) is 0 Å². The third-order valence-electron chi connectivity index (χ3n) is 3.28. The largest absolute Gasteiger partial charge is 0.395 e. The fourth-order valence-corrected chi connectivity index (χ4v) is 2.66. The fraction of sp³-hybridized carbons (Fsp3) is 0.500. The molecule has 0 aliphatic rings. The molecule has 106 valence electrons. The Bertz CT molecular complexity index is 433. The zero-order chi connectivity index (χ0) is 14.4. The number of nitrogens with one attached hydrogen (secondary N) is 1. The second kappa shape index (κ2) is 7.50. The van der Waals surface area contributed by atoms with Crippen molar-refractivity contribution in [2.75, 3.05) is 18.1 Å². The van der Waals surface area contributed by atoms with Crippen LogP contribution in [-0.2, 0) is 0 Å². The molecular weight excluding hydrogens is 306 g/mol. The van der Waals surface area contributed by atoms with Gasteiger partial charge in [-0.25, -0.2) is 0 Å². The Morgan fingerprint density at radius 1 is 1.42 bits per heavy atom. The number of nitrogen functional groups attached to an aromatic ring is 1. The summed E-state index contributed by atoms with van der Waals surface area (Å²) in [4.78, 5) is 2.14. The Morgan fingerprint density at radius 2 is 2.05 bits per heavy atom. The van der Waals surface area contributed by atoms with E-state index in [4.69, 9.17) is 11.1 Å². The molecule has 1 rings (SSSR count). The predicted molar refractivity (Wildman–Crippen MR) is 84.0 cm³/mol. The van der Waals surface area contributed by atoms with Gasteiger partial charge in [0.05, 0.1) is 6.61 Å². The number of nitrogens with two attached hydrogens (primary N) is 1. The van der Waals surface area contributed by atoms with Crippen LogP contribution in [0.5, 0.6) is 0 Å². The number of anilines is 1. The van der Waals surface area contributed by atoms with E-state index in [0.717, 1.165) is 23.0 Å². The summed E-state index contributed by atoms with van der Waals surface area (Å²) in [7, 11) is 0. The van der Waals surface area contributed by atoms with Crippen molar-refractivity contribution in [2.24, 2.45) is 5.73 Å². The summed E-state index contributed by atoms with van der Waals surface area (Å²) in [5.41, 5.74) is 7.28. The van der Waals surface area contributed by atoms with E-state index in [1.54, 1.807) is 0 Å². The lowest BCUT2D eigenvalue weighted by Crippen LogP contribution is -2.38. The van der Waals surface area contributed by atoms with Crippen LogP contribution in [-0.4, -0.2) is 30.1 Å². The van der Waals surface area contributed by atoms with Crippen molar-refractivity contribution in [2.45, 2.75) is 32.7 Å². The molecule has 1 aromatic carbocycles. The molecule has 0 aromatic heterocycles. The van der Waals surface area contributed by atoms with Gasteiger partial charge in [-0.15, -0.1) is 0 Å². The van der Waals surface area contributed by atoms with E-state index in [1.807, 2.05) is 18.2 Å². The summed E-state index contributed by atoms with van der Waals surface area (Å²) in [6.45, 7) is 4.89. The van der Waals surface area contributed by atoms with E-state index >= 15 is 0 Å². The number of halogens is 1. The van der Waals surface area contributed by atoms with Crippen LogP contribution in [0, 0.1) is 5.41 Å². The van der Waals surface area contributed by atoms with E-state index < -0.39 is 0 Å². The first-order chi connectivity index (χ1) is 9.04. The molecule has 19 heavy (non-hydrogen) atoms. The van der Waals surface area contributed by atoms with Gasteiger partial charge in [0.1, 0.15) is 5.84 Å². The Balaban J connectivity index is 3.27. The van der Waals surface area contributed by atoms with Crippen LogP contribution in [0.3, 0.4) is 0 Å². The number of aliphatic hydroxyl groups excluding tert-OH is 1. The van der Waals surface area contributed by atoms with E-state index in [0.29, 0.717) is 18.2 Å². The van der Waals surface area contributed by atoms with Gasteiger partial charge < -0.3 is 15.7 Å². The predicted octanol–water partition coefficient (Wildman–Crippen LogP) is 2.72. The molecule has 0 fully saturated rings. The first-order valence-corrected chi connectivity index (χ1v) is 7.35. The molecule has 0 aliphatic heterocycles. The van der Waals surface area contributed by atoms with E-state index in [2.05, 4.69) is 34.7 Å². The van der Waals surface area contributed by atoms with Crippen LogP contribution < -0.4 is 10.6 Å². The average Bonchev–Trinajstić information content (AvgIpc) is 2.38. The minimum absolute atomic E-state index is 0.0522. The zero-order valence-corrected chi connectivity index (χ0v) is 13.1. The van der Waals surface area contributed by atoms with Crippen molar-refractivity contribution in [3.8, 4) is 0 Å². The highest BCUT2D eigenvalue weighted by Gasteiger charge is 2.19. The minimum Gasteiger partial charge on any atom is -0.395 e. The quantitative estimate of drug-likeness (QED) is 0.532. The molecule has 0 radical (unpaired) electrons. The maximum atomic E-state index is 9.30. The lowest BCUT2D eigenvalue weighted by atomic mass is 10.1. The van der Waals surface area contributed by atoms with Crippen molar-refractivity contribution < 1.29 is 5.11 Å². The van der Waals surface area contributed by atoms with Gasteiger partial charge in [0.25, 0.3) is 0 Å². The highest BCUT2D eigenvalue weighted by atomic mass is 79.9. The van der Waals surface area contributed by atoms with Gasteiger partial charge in [-0.3, -0.25) is 5.41 Å². The Labute approximate surface area is 123 Å². The van der Waals surface area contributed by atoms with E-state index in [9.17, 15) is 5.11 Å². The molecule has 0 saturated heterocycles. The number of hydrogen-bond donors (Lipinski definition) is 3. The molecule has 4 nitrogen and oxygen atoms in total. The number of hydrogen-bond acceptors (Lipinski definition) is 3. The van der Waals surface area contributed by atoms with Crippen molar-refractivity contribution >= 4 is 27.5 Å². The Kier molecular flexibility index (Phi) is 6.31. The van der Waals surface area contributed by atoms with E-state index in [-0.39, 0.29) is 12.4 Å². The summed E-state index contributed by atoms with van der Waals surface area (Å²) >= 11 is 3.46. The SMILES string of the molecule is CCC(CC)N(CCO)c1cc(Br)ccc1C(=N)N. The molecule has 0 unspecified atom stereocenters. The molecule has 0 heterocycles. The molecule has 0 spiro atoms. The normalized spacial score (nSPS) is 10.8. The molecule has 0 bridgehead atoms. The molecule has 5 heteroatoms. The third kappa shape index (κ3) is 3.94. The summed E-state index contributed by atoms with van der Waals surface area (Å²) in [6.07, 6.45) is 1.97. The van der Waals surface area contributed by atoms with Crippen LogP contribution in [0.1, 0.15) is 32.3 Å². The van der Waals surface area contributed by atoms with Crippen molar-refractivity contribution in [1.29, 1.82) is 5.41 Å². The van der Waals surface area contributed by atoms with Gasteiger partial charge in [0.15, 0.2) is 0 Å². The van der Waals surface area contributed by atoms with Crippen LogP contribution >= 0.6 is 15.9 Å². The van der Waals surface area contributed by atoms with Crippen LogP contribution in [0.4, 0.5) is 5.69 Å². The number of amidine groups is 1. The van der Waals surface area contributed by atoms with Crippen molar-refractivity contribution in [3.05, 3.63) is 28.2 Å². The molecule has 0 saturated carbocycles. The first kappa shape index (κ1) is 16.0. The topological polar surface area (TPSA) is 73.3 Å². The molecule has 0 amide bonds. The van der Waals surface area contributed by atoms with Gasteiger partial charge >= 0.3 is 0 Å². The summed E-state index contributed by atoms with van der Waals surface area (Å²) in [5, 5.41) is 17.0. The summed E-state index contributed by atoms with van der Waals surface area (Å²) in [6, 6.07) is 6.02. The standard InChI is InChI=1S/C14H22BrN3O/c1-3-11(4-2)18(7-8-19)13-9-10(15)5-6-12(13)14(16)17/h5-6,9,11,19H,3-4,7-8H2,1-2H3,(H3,16,17). The highest BCUT2D eigenvalue weighted by Crippen LogP contribution is 2.28. The van der Waals surface area contributed by atoms with E-state index in [1.165, 1.54) is 0 Å². The first-order valence-electron chi connectivity index (χ1n) is 6.56. The van der Waals surface area contributed by atoms with Crippen molar-refractivity contribution in [3.63, 3.8) is 0 Å². The number of aliphatic hydroxyl groups is 1. The van der Waals surface area contributed by atoms with Crippen LogP contribution in [0.15, 0.2) is 22.7 Å². The summed E-state index contributed by atoms with van der Waals surface area (Å²) in [5.74, 6) is 0.0522. The van der Waals surface area contributed by atoms with Crippen LogP contribution in [0.2, 0.25) is 0 Å². The molecule has 0 aliphatic carbocycles. The van der Waals surface area contributed by atoms with Gasteiger partial charge in [-0.05, 0) is 31.0 Å². The van der Waals surface area contributed by atoms with Gasteiger partial charge in [-0.1, -0.05) is 29.8 Å². The van der Waals surface area contributed by atoms with Crippen molar-refractivity contribution in [1.82, 2.24) is 0 Å². The second-order valence-corrected chi connectivity index (χ2v) is 5.38. The Hall–Kier alpha value is -1.07. The molecule has 1 aromatic rings. The molecular formula is C14H22BrN3O. The zero-order valence-electron chi connectivity index (χ0n) is 11.5. The minimum atomic E-state index is 0.0522.